The molecule has 1 fully saturated rings. The lowest BCUT2D eigenvalue weighted by molar-refractivity contribution is 0.273. The van der Waals surface area contributed by atoms with Crippen LogP contribution in [0.3, 0.4) is 0 Å². The van der Waals surface area contributed by atoms with Crippen molar-refractivity contribution in [2.75, 3.05) is 31.2 Å². The zero-order valence-corrected chi connectivity index (χ0v) is 13.1. The van der Waals surface area contributed by atoms with Crippen LogP contribution in [0.1, 0.15) is 50.4 Å². The Morgan fingerprint density at radius 1 is 1.35 bits per heavy atom. The Morgan fingerprint density at radius 2 is 2.05 bits per heavy atom. The first-order valence-corrected chi connectivity index (χ1v) is 7.57. The largest absolute Gasteiger partial charge is 0.383 e. The van der Waals surface area contributed by atoms with Crippen LogP contribution in [0.2, 0.25) is 0 Å². The van der Waals surface area contributed by atoms with Crippen LogP contribution < -0.4 is 11.1 Å². The van der Waals surface area contributed by atoms with E-state index in [1.54, 1.807) is 0 Å². The minimum atomic E-state index is 0.533. The van der Waals surface area contributed by atoms with E-state index in [2.05, 4.69) is 41.1 Å². The van der Waals surface area contributed by atoms with E-state index in [0.717, 1.165) is 36.7 Å². The van der Waals surface area contributed by atoms with Gasteiger partial charge in [0.15, 0.2) is 0 Å². The van der Waals surface area contributed by atoms with Crippen molar-refractivity contribution in [3.05, 3.63) is 11.4 Å². The highest BCUT2D eigenvalue weighted by atomic mass is 15.1. The number of nitrogens with two attached hydrogens (primary N) is 1. The van der Waals surface area contributed by atoms with Crippen molar-refractivity contribution < 1.29 is 0 Å². The van der Waals surface area contributed by atoms with Gasteiger partial charge in [-0.3, -0.25) is 0 Å². The second kappa shape index (κ2) is 6.39. The standard InChI is InChI=1S/C15H27N5/c1-10(2)20(4)9-5-8-17-14-11(3)13(16)18-15(19-14)12-6-7-12/h10,12H,5-9H2,1-4H3,(H3,16,17,18,19). The molecule has 1 heterocycles. The van der Waals surface area contributed by atoms with Gasteiger partial charge in [0.25, 0.3) is 0 Å². The summed E-state index contributed by atoms with van der Waals surface area (Å²) in [5.74, 6) is 2.97. The third-order valence-electron chi connectivity index (χ3n) is 4.00. The molecule has 1 aromatic rings. The molecule has 1 aromatic heterocycles. The lowest BCUT2D eigenvalue weighted by Gasteiger charge is -2.21. The van der Waals surface area contributed by atoms with Crippen LogP contribution in [-0.4, -0.2) is 41.0 Å². The van der Waals surface area contributed by atoms with Crippen molar-refractivity contribution in [1.29, 1.82) is 0 Å². The van der Waals surface area contributed by atoms with Gasteiger partial charge in [-0.2, -0.15) is 0 Å². The van der Waals surface area contributed by atoms with Crippen LogP contribution in [0.5, 0.6) is 0 Å². The SMILES string of the molecule is Cc1c(N)nc(C2CC2)nc1NCCCN(C)C(C)C. The zero-order chi connectivity index (χ0) is 14.7. The summed E-state index contributed by atoms with van der Waals surface area (Å²) in [6, 6.07) is 0.591. The molecule has 1 aliphatic rings. The minimum Gasteiger partial charge on any atom is -0.383 e. The lowest BCUT2D eigenvalue weighted by atomic mass is 10.2. The molecule has 5 heteroatoms. The Morgan fingerprint density at radius 3 is 2.65 bits per heavy atom. The topological polar surface area (TPSA) is 67.1 Å². The maximum atomic E-state index is 5.98. The molecule has 3 N–H and O–H groups in total. The molecule has 0 bridgehead atoms. The first-order valence-electron chi connectivity index (χ1n) is 7.57. The molecule has 20 heavy (non-hydrogen) atoms. The number of rotatable bonds is 7. The number of nitrogens with zero attached hydrogens (tertiary/aromatic N) is 3. The molecule has 0 aromatic carbocycles. The van der Waals surface area contributed by atoms with Crippen LogP contribution in [0, 0.1) is 6.92 Å². The normalized spacial score (nSPS) is 15.1. The average Bonchev–Trinajstić information content (AvgIpc) is 3.22. The molecule has 0 amide bonds. The summed E-state index contributed by atoms with van der Waals surface area (Å²) in [5, 5.41) is 3.41. The second-order valence-electron chi connectivity index (χ2n) is 6.07. The summed E-state index contributed by atoms with van der Waals surface area (Å²) in [6.45, 7) is 8.40. The molecule has 1 saturated carbocycles. The van der Waals surface area contributed by atoms with Crippen LogP contribution in [0.15, 0.2) is 0 Å². The molecule has 1 aliphatic carbocycles. The fourth-order valence-electron chi connectivity index (χ4n) is 2.04. The first kappa shape index (κ1) is 15.0. The highest BCUT2D eigenvalue weighted by Crippen LogP contribution is 2.39. The fourth-order valence-corrected chi connectivity index (χ4v) is 2.04. The number of aromatic nitrogens is 2. The van der Waals surface area contributed by atoms with Gasteiger partial charge in [0, 0.05) is 24.1 Å². The van der Waals surface area contributed by atoms with E-state index in [1.807, 2.05) is 6.92 Å². The van der Waals surface area contributed by atoms with Crippen LogP contribution in [-0.2, 0) is 0 Å². The van der Waals surface area contributed by atoms with E-state index >= 15 is 0 Å². The summed E-state index contributed by atoms with van der Waals surface area (Å²) in [5.41, 5.74) is 6.94. The molecule has 0 unspecified atom stereocenters. The van der Waals surface area contributed by atoms with E-state index in [0.29, 0.717) is 17.8 Å². The van der Waals surface area contributed by atoms with E-state index in [-0.39, 0.29) is 0 Å². The quantitative estimate of drug-likeness (QED) is 0.749. The summed E-state index contributed by atoms with van der Waals surface area (Å²) in [6.07, 6.45) is 3.49. The maximum Gasteiger partial charge on any atom is 0.136 e. The Balaban J connectivity index is 1.89. The van der Waals surface area contributed by atoms with E-state index < -0.39 is 0 Å². The van der Waals surface area contributed by atoms with Crippen molar-refractivity contribution in [3.8, 4) is 0 Å². The second-order valence-corrected chi connectivity index (χ2v) is 6.07. The van der Waals surface area contributed by atoms with Crippen LogP contribution in [0.25, 0.3) is 0 Å². The van der Waals surface area contributed by atoms with Gasteiger partial charge in [0.2, 0.25) is 0 Å². The van der Waals surface area contributed by atoms with Crippen molar-refractivity contribution >= 4 is 11.6 Å². The summed E-state index contributed by atoms with van der Waals surface area (Å²) in [7, 11) is 2.16. The summed E-state index contributed by atoms with van der Waals surface area (Å²) < 4.78 is 0. The molecule has 5 nitrogen and oxygen atoms in total. The number of hydrogen-bond donors (Lipinski definition) is 2. The van der Waals surface area contributed by atoms with Crippen LogP contribution >= 0.6 is 0 Å². The highest BCUT2D eigenvalue weighted by Gasteiger charge is 2.27. The van der Waals surface area contributed by atoms with E-state index in [9.17, 15) is 0 Å². The molecule has 0 saturated heterocycles. The molecule has 0 aliphatic heterocycles. The van der Waals surface area contributed by atoms with Gasteiger partial charge in [-0.25, -0.2) is 9.97 Å². The van der Waals surface area contributed by atoms with Crippen molar-refractivity contribution in [2.45, 2.75) is 52.0 Å². The van der Waals surface area contributed by atoms with Crippen molar-refractivity contribution in [3.63, 3.8) is 0 Å². The van der Waals surface area contributed by atoms with E-state index in [1.165, 1.54) is 12.8 Å². The fraction of sp³-hybridized carbons (Fsp3) is 0.733. The average molecular weight is 277 g/mol. The van der Waals surface area contributed by atoms with Crippen molar-refractivity contribution in [1.82, 2.24) is 14.9 Å². The third kappa shape index (κ3) is 3.82. The monoisotopic (exact) mass is 277 g/mol. The van der Waals surface area contributed by atoms with Gasteiger partial charge in [0.05, 0.1) is 0 Å². The van der Waals surface area contributed by atoms with Gasteiger partial charge in [-0.15, -0.1) is 0 Å². The summed E-state index contributed by atoms with van der Waals surface area (Å²) >= 11 is 0. The van der Waals surface area contributed by atoms with Gasteiger partial charge >= 0.3 is 0 Å². The molecule has 112 valence electrons. The lowest BCUT2D eigenvalue weighted by Crippen LogP contribution is -2.28. The molecule has 0 spiro atoms. The Bertz CT molecular complexity index is 454. The Hall–Kier alpha value is -1.36. The van der Waals surface area contributed by atoms with E-state index in [4.69, 9.17) is 5.73 Å². The smallest absolute Gasteiger partial charge is 0.136 e. The number of nitrogen functional groups attached to an aromatic ring is 1. The number of nitrogens with one attached hydrogen (secondary N) is 1. The molecular formula is C15H27N5. The minimum absolute atomic E-state index is 0.533. The summed E-state index contributed by atoms with van der Waals surface area (Å²) in [4.78, 5) is 11.4. The first-order chi connectivity index (χ1) is 9.49. The highest BCUT2D eigenvalue weighted by molar-refractivity contribution is 5.55. The Kier molecular flexibility index (Phi) is 4.81. The third-order valence-corrected chi connectivity index (χ3v) is 4.00. The molecule has 2 rings (SSSR count). The number of hydrogen-bond acceptors (Lipinski definition) is 5. The van der Waals surface area contributed by atoms with Crippen molar-refractivity contribution in [2.24, 2.45) is 0 Å². The maximum absolute atomic E-state index is 5.98. The number of anilines is 2. The van der Waals surface area contributed by atoms with Gasteiger partial charge in [-0.05, 0) is 53.6 Å². The predicted molar refractivity (Wildman–Crippen MR) is 84.0 cm³/mol. The zero-order valence-electron chi connectivity index (χ0n) is 13.1. The Labute approximate surface area is 122 Å². The van der Waals surface area contributed by atoms with Crippen LogP contribution in [0.4, 0.5) is 11.6 Å². The molecule has 0 radical (unpaired) electrons. The van der Waals surface area contributed by atoms with Gasteiger partial charge in [0.1, 0.15) is 17.5 Å². The molecular weight excluding hydrogens is 250 g/mol. The van der Waals surface area contributed by atoms with Gasteiger partial charge < -0.3 is 16.0 Å². The predicted octanol–water partition coefficient (Wildman–Crippen LogP) is 2.39. The van der Waals surface area contributed by atoms with Gasteiger partial charge in [-0.1, -0.05) is 0 Å². The molecule has 0 atom stereocenters.